The maximum absolute atomic E-state index is 14.0. The van der Waals surface area contributed by atoms with Gasteiger partial charge in [0.05, 0.1) is 23.4 Å². The van der Waals surface area contributed by atoms with Crippen LogP contribution >= 0.6 is 0 Å². The number of hydrogen-bond acceptors (Lipinski definition) is 5. The van der Waals surface area contributed by atoms with E-state index in [0.717, 1.165) is 22.3 Å². The molecule has 1 aliphatic heterocycles. The van der Waals surface area contributed by atoms with Gasteiger partial charge in [-0.25, -0.2) is 13.8 Å². The van der Waals surface area contributed by atoms with Crippen molar-refractivity contribution in [3.05, 3.63) is 126 Å². The summed E-state index contributed by atoms with van der Waals surface area (Å²) in [5, 5.41) is 5.41. The number of imide groups is 1. The van der Waals surface area contributed by atoms with Crippen molar-refractivity contribution in [1.29, 1.82) is 0 Å². The molecular weight excluding hydrogens is 536 g/mol. The van der Waals surface area contributed by atoms with Crippen LogP contribution in [0.4, 0.5) is 8.78 Å². The summed E-state index contributed by atoms with van der Waals surface area (Å²) in [5.74, 6) is -1.42. The Kier molecular flexibility index (Phi) is 6.12. The van der Waals surface area contributed by atoms with E-state index in [2.05, 4.69) is 4.98 Å². The predicted octanol–water partition coefficient (Wildman–Crippen LogP) is 6.40. The summed E-state index contributed by atoms with van der Waals surface area (Å²) < 4.78 is 29.5. The van der Waals surface area contributed by atoms with Gasteiger partial charge in [0.15, 0.2) is 5.65 Å². The molecule has 0 atom stereocenters. The molecular formula is C33H21F2N5O2. The van der Waals surface area contributed by atoms with Gasteiger partial charge in [0, 0.05) is 47.2 Å². The van der Waals surface area contributed by atoms with Crippen LogP contribution in [0.2, 0.25) is 0 Å². The first-order valence-electron chi connectivity index (χ1n) is 13.3. The third-order valence-corrected chi connectivity index (χ3v) is 7.37. The van der Waals surface area contributed by atoms with Crippen LogP contribution in [-0.4, -0.2) is 43.0 Å². The van der Waals surface area contributed by atoms with Gasteiger partial charge in [0.25, 0.3) is 11.8 Å². The first-order valence-corrected chi connectivity index (χ1v) is 13.3. The molecule has 2 amide bonds. The van der Waals surface area contributed by atoms with Crippen molar-refractivity contribution >= 4 is 22.8 Å². The van der Waals surface area contributed by atoms with E-state index in [-0.39, 0.29) is 36.5 Å². The molecule has 204 valence electrons. The van der Waals surface area contributed by atoms with E-state index in [4.69, 9.17) is 10.1 Å². The number of benzene rings is 3. The van der Waals surface area contributed by atoms with E-state index in [1.54, 1.807) is 65.6 Å². The van der Waals surface area contributed by atoms with Crippen molar-refractivity contribution in [2.45, 2.75) is 6.54 Å². The molecule has 0 fully saturated rings. The van der Waals surface area contributed by atoms with Crippen molar-refractivity contribution < 1.29 is 18.4 Å². The maximum atomic E-state index is 14.0. The molecule has 3 aromatic heterocycles. The van der Waals surface area contributed by atoms with Crippen molar-refractivity contribution in [1.82, 2.24) is 24.6 Å². The molecule has 9 heteroatoms. The zero-order valence-electron chi connectivity index (χ0n) is 22.0. The Labute approximate surface area is 238 Å². The number of aromatic nitrogens is 4. The van der Waals surface area contributed by atoms with E-state index in [1.807, 2.05) is 18.3 Å². The second kappa shape index (κ2) is 10.1. The normalized spacial score (nSPS) is 12.8. The molecule has 42 heavy (non-hydrogen) atoms. The molecule has 0 saturated heterocycles. The van der Waals surface area contributed by atoms with Crippen LogP contribution in [0.15, 0.2) is 104 Å². The topological polar surface area (TPSA) is 81.0 Å². The molecule has 7 rings (SSSR count). The SMILES string of the molecule is O=C1c2ccccc2C(=O)N1CCn1cc2c(-c3ccc(F)cc3)c(-c3ccncc3)c(-c3ccc(F)cc3)nc2n1. The lowest BCUT2D eigenvalue weighted by Gasteiger charge is -2.16. The second-order valence-electron chi connectivity index (χ2n) is 9.90. The quantitative estimate of drug-likeness (QED) is 0.221. The standard InChI is InChI=1S/C33H21F2N5O2/c34-23-9-5-20(6-10-23)28-27-19-39(17-18-40-32(41)25-3-1-2-4-26(25)33(40)42)38-31(27)37-30(22-7-11-24(35)12-8-22)29(28)21-13-15-36-16-14-21/h1-16,19H,17-18H2. The molecule has 0 bridgehead atoms. The van der Waals surface area contributed by atoms with Crippen molar-refractivity contribution in [2.75, 3.05) is 6.54 Å². The number of hydrogen-bond donors (Lipinski definition) is 0. The van der Waals surface area contributed by atoms with E-state index < -0.39 is 0 Å². The molecule has 3 aromatic carbocycles. The Bertz CT molecular complexity index is 1950. The fourth-order valence-corrected chi connectivity index (χ4v) is 5.38. The van der Waals surface area contributed by atoms with Crippen molar-refractivity contribution in [3.63, 3.8) is 0 Å². The number of nitrogens with zero attached hydrogens (tertiary/aromatic N) is 5. The largest absolute Gasteiger partial charge is 0.272 e. The summed E-state index contributed by atoms with van der Waals surface area (Å²) in [4.78, 5) is 36.1. The molecule has 0 radical (unpaired) electrons. The molecule has 0 aliphatic carbocycles. The Balaban J connectivity index is 1.38. The van der Waals surface area contributed by atoms with Gasteiger partial charge in [-0.15, -0.1) is 0 Å². The van der Waals surface area contributed by atoms with Gasteiger partial charge < -0.3 is 0 Å². The van der Waals surface area contributed by atoms with Gasteiger partial charge in [0.1, 0.15) is 11.6 Å². The van der Waals surface area contributed by atoms with Crippen LogP contribution in [0.5, 0.6) is 0 Å². The zero-order chi connectivity index (χ0) is 28.8. The van der Waals surface area contributed by atoms with E-state index in [9.17, 15) is 18.4 Å². The third-order valence-electron chi connectivity index (χ3n) is 7.37. The molecule has 0 unspecified atom stereocenters. The summed E-state index contributed by atoms with van der Waals surface area (Å²) >= 11 is 0. The van der Waals surface area contributed by atoms with Crippen molar-refractivity contribution in [2.24, 2.45) is 0 Å². The Morgan fingerprint density at radius 3 is 1.83 bits per heavy atom. The Morgan fingerprint density at radius 2 is 1.21 bits per heavy atom. The minimum atomic E-state index is -0.374. The van der Waals surface area contributed by atoms with E-state index >= 15 is 0 Å². The highest BCUT2D eigenvalue weighted by molar-refractivity contribution is 6.21. The fourth-order valence-electron chi connectivity index (χ4n) is 5.38. The van der Waals surface area contributed by atoms with Gasteiger partial charge in [-0.1, -0.05) is 24.3 Å². The van der Waals surface area contributed by atoms with Gasteiger partial charge >= 0.3 is 0 Å². The van der Waals surface area contributed by atoms with Gasteiger partial charge in [-0.2, -0.15) is 5.10 Å². The molecule has 0 saturated carbocycles. The molecule has 0 N–H and O–H groups in total. The lowest BCUT2D eigenvalue weighted by Crippen LogP contribution is -2.33. The molecule has 6 aromatic rings. The summed E-state index contributed by atoms with van der Waals surface area (Å²) in [6.07, 6.45) is 5.17. The number of amides is 2. The Morgan fingerprint density at radius 1 is 0.643 bits per heavy atom. The summed E-state index contributed by atoms with van der Waals surface area (Å²) in [5.41, 5.74) is 5.50. The van der Waals surface area contributed by atoms with Crippen molar-refractivity contribution in [3.8, 4) is 33.5 Å². The van der Waals surface area contributed by atoms with Crippen LogP contribution in [0.1, 0.15) is 20.7 Å². The van der Waals surface area contributed by atoms with Crippen LogP contribution in [0.25, 0.3) is 44.5 Å². The number of fused-ring (bicyclic) bond motifs is 2. The van der Waals surface area contributed by atoms with E-state index in [1.165, 1.54) is 29.2 Å². The lowest BCUT2D eigenvalue weighted by molar-refractivity contribution is 0.0647. The molecule has 1 aliphatic rings. The fraction of sp³-hybridized carbons (Fsp3) is 0.0606. The summed E-state index contributed by atoms with van der Waals surface area (Å²) in [7, 11) is 0. The van der Waals surface area contributed by atoms with Crippen LogP contribution in [0, 0.1) is 11.6 Å². The number of carbonyl (C=O) groups excluding carboxylic acids is 2. The minimum absolute atomic E-state index is 0.119. The smallest absolute Gasteiger partial charge is 0.261 e. The summed E-state index contributed by atoms with van der Waals surface area (Å²) in [6.45, 7) is 0.357. The molecule has 4 heterocycles. The van der Waals surface area contributed by atoms with Gasteiger partial charge in [-0.3, -0.25) is 24.2 Å². The zero-order valence-corrected chi connectivity index (χ0v) is 22.0. The maximum Gasteiger partial charge on any atom is 0.261 e. The van der Waals surface area contributed by atoms with Gasteiger partial charge in [0.2, 0.25) is 0 Å². The second-order valence-corrected chi connectivity index (χ2v) is 9.90. The number of pyridine rings is 2. The highest BCUT2D eigenvalue weighted by atomic mass is 19.1. The Hall–Kier alpha value is -5.57. The highest BCUT2D eigenvalue weighted by Gasteiger charge is 2.34. The summed E-state index contributed by atoms with van der Waals surface area (Å²) in [6, 6.07) is 22.7. The first kappa shape index (κ1) is 25.4. The minimum Gasteiger partial charge on any atom is -0.272 e. The number of rotatable bonds is 6. The highest BCUT2D eigenvalue weighted by Crippen LogP contribution is 2.43. The molecule has 7 nitrogen and oxygen atoms in total. The third kappa shape index (κ3) is 4.32. The number of carbonyl (C=O) groups is 2. The monoisotopic (exact) mass is 557 g/mol. The first-order chi connectivity index (χ1) is 20.5. The number of halogens is 2. The molecule has 0 spiro atoms. The van der Waals surface area contributed by atoms with Crippen LogP contribution < -0.4 is 0 Å². The van der Waals surface area contributed by atoms with Crippen LogP contribution in [-0.2, 0) is 6.54 Å². The van der Waals surface area contributed by atoms with Gasteiger partial charge in [-0.05, 0) is 71.8 Å². The average Bonchev–Trinajstić information content (AvgIpc) is 3.54. The average molecular weight is 558 g/mol. The lowest BCUT2D eigenvalue weighted by atomic mass is 9.90. The predicted molar refractivity (Wildman–Crippen MR) is 153 cm³/mol. The van der Waals surface area contributed by atoms with E-state index in [0.29, 0.717) is 33.4 Å². The van der Waals surface area contributed by atoms with Crippen LogP contribution in [0.3, 0.4) is 0 Å².